The van der Waals surface area contributed by atoms with Gasteiger partial charge in [0.1, 0.15) is 0 Å². The summed E-state index contributed by atoms with van der Waals surface area (Å²) in [4.78, 5) is 2.31. The van der Waals surface area contributed by atoms with Crippen LogP contribution in [0.15, 0.2) is 0 Å². The molecular formula is C9H16N2. The van der Waals surface area contributed by atoms with Crippen LogP contribution in [0, 0.1) is 12.3 Å². The van der Waals surface area contributed by atoms with Crippen molar-refractivity contribution < 1.29 is 0 Å². The average Bonchev–Trinajstić information content (AvgIpc) is 1.95. The highest BCUT2D eigenvalue weighted by Crippen LogP contribution is 2.14. The van der Waals surface area contributed by atoms with Crippen molar-refractivity contribution in [2.75, 3.05) is 13.1 Å². The molecule has 0 aliphatic carbocycles. The predicted octanol–water partition coefficient (Wildman–Crippen LogP) is 0.431. The fourth-order valence-electron chi connectivity index (χ4n) is 1.61. The molecule has 2 nitrogen and oxygen atoms in total. The molecule has 0 amide bonds. The Hall–Kier alpha value is -0.520. The van der Waals surface area contributed by atoms with Gasteiger partial charge in [-0.05, 0) is 19.8 Å². The van der Waals surface area contributed by atoms with Crippen molar-refractivity contribution in [2.45, 2.75) is 31.8 Å². The Balaban J connectivity index is 2.39. The van der Waals surface area contributed by atoms with Gasteiger partial charge in [-0.25, -0.2) is 0 Å². The number of hydrogen-bond donors (Lipinski definition) is 1. The minimum atomic E-state index is 0.388. The molecule has 2 atom stereocenters. The maximum Gasteiger partial charge on any atom is 0.0601 e. The molecule has 1 heterocycles. The SMILES string of the molecule is C#CCN1CCC(N)CC1C. The fourth-order valence-corrected chi connectivity index (χ4v) is 1.61. The first-order valence-electron chi connectivity index (χ1n) is 4.17. The van der Waals surface area contributed by atoms with Gasteiger partial charge < -0.3 is 5.73 Å². The predicted molar refractivity (Wildman–Crippen MR) is 47.1 cm³/mol. The number of nitrogens with two attached hydrogens (primary N) is 1. The van der Waals surface area contributed by atoms with Crippen LogP contribution in [0.1, 0.15) is 19.8 Å². The molecule has 1 fully saturated rings. The van der Waals surface area contributed by atoms with Gasteiger partial charge in [0.25, 0.3) is 0 Å². The molecule has 1 aliphatic rings. The summed E-state index contributed by atoms with van der Waals surface area (Å²) in [6.07, 6.45) is 7.41. The van der Waals surface area contributed by atoms with Crippen molar-refractivity contribution in [1.82, 2.24) is 4.90 Å². The smallest absolute Gasteiger partial charge is 0.0601 e. The lowest BCUT2D eigenvalue weighted by Crippen LogP contribution is -2.45. The molecular weight excluding hydrogens is 136 g/mol. The molecule has 11 heavy (non-hydrogen) atoms. The number of hydrogen-bond acceptors (Lipinski definition) is 2. The highest BCUT2D eigenvalue weighted by atomic mass is 15.2. The minimum Gasteiger partial charge on any atom is -0.328 e. The molecule has 0 aromatic rings. The van der Waals surface area contributed by atoms with Crippen LogP contribution in [0.5, 0.6) is 0 Å². The summed E-state index contributed by atoms with van der Waals surface area (Å²) < 4.78 is 0. The molecule has 0 aromatic heterocycles. The van der Waals surface area contributed by atoms with E-state index in [1.807, 2.05) is 0 Å². The van der Waals surface area contributed by atoms with Crippen molar-refractivity contribution in [2.24, 2.45) is 5.73 Å². The van der Waals surface area contributed by atoms with Crippen molar-refractivity contribution in [1.29, 1.82) is 0 Å². The molecule has 0 radical (unpaired) electrons. The Bertz CT molecular complexity index is 159. The molecule has 0 saturated carbocycles. The summed E-state index contributed by atoms with van der Waals surface area (Å²) in [5.74, 6) is 2.67. The molecule has 0 aromatic carbocycles. The van der Waals surface area contributed by atoms with Gasteiger partial charge in [0.15, 0.2) is 0 Å². The lowest BCUT2D eigenvalue weighted by atomic mass is 9.99. The maximum atomic E-state index is 5.81. The van der Waals surface area contributed by atoms with Gasteiger partial charge in [-0.3, -0.25) is 4.90 Å². The summed E-state index contributed by atoms with van der Waals surface area (Å²) in [7, 11) is 0. The summed E-state index contributed by atoms with van der Waals surface area (Å²) in [5.41, 5.74) is 5.81. The Morgan fingerprint density at radius 1 is 1.73 bits per heavy atom. The lowest BCUT2D eigenvalue weighted by molar-refractivity contribution is 0.167. The van der Waals surface area contributed by atoms with Crippen molar-refractivity contribution in [3.63, 3.8) is 0 Å². The topological polar surface area (TPSA) is 29.3 Å². The first-order chi connectivity index (χ1) is 5.24. The fraction of sp³-hybridized carbons (Fsp3) is 0.778. The Labute approximate surface area is 68.8 Å². The van der Waals surface area contributed by atoms with Crippen molar-refractivity contribution in [3.05, 3.63) is 0 Å². The summed E-state index contributed by atoms with van der Waals surface area (Å²) in [6.45, 7) is 4.02. The third kappa shape index (κ3) is 2.21. The minimum absolute atomic E-state index is 0.388. The molecule has 1 rings (SSSR count). The van der Waals surface area contributed by atoms with E-state index < -0.39 is 0 Å². The van der Waals surface area contributed by atoms with E-state index in [4.69, 9.17) is 12.2 Å². The average molecular weight is 152 g/mol. The molecule has 2 unspecified atom stereocenters. The first-order valence-corrected chi connectivity index (χ1v) is 4.17. The zero-order chi connectivity index (χ0) is 8.27. The van der Waals surface area contributed by atoms with E-state index in [-0.39, 0.29) is 0 Å². The van der Waals surface area contributed by atoms with E-state index in [9.17, 15) is 0 Å². The van der Waals surface area contributed by atoms with E-state index in [2.05, 4.69) is 17.7 Å². The van der Waals surface area contributed by atoms with E-state index in [0.717, 1.165) is 25.9 Å². The van der Waals surface area contributed by atoms with E-state index in [1.165, 1.54) is 0 Å². The Morgan fingerprint density at radius 2 is 2.45 bits per heavy atom. The van der Waals surface area contributed by atoms with Gasteiger partial charge in [-0.2, -0.15) is 0 Å². The van der Waals surface area contributed by atoms with E-state index in [0.29, 0.717) is 12.1 Å². The van der Waals surface area contributed by atoms with Crippen LogP contribution in [0.25, 0.3) is 0 Å². The molecule has 62 valence electrons. The van der Waals surface area contributed by atoms with Crippen LogP contribution in [-0.2, 0) is 0 Å². The van der Waals surface area contributed by atoms with Gasteiger partial charge in [0.05, 0.1) is 6.54 Å². The normalized spacial score (nSPS) is 33.2. The van der Waals surface area contributed by atoms with Crippen LogP contribution in [0.3, 0.4) is 0 Å². The van der Waals surface area contributed by atoms with Gasteiger partial charge in [0.2, 0.25) is 0 Å². The van der Waals surface area contributed by atoms with E-state index >= 15 is 0 Å². The largest absolute Gasteiger partial charge is 0.328 e. The van der Waals surface area contributed by atoms with Gasteiger partial charge in [-0.1, -0.05) is 5.92 Å². The summed E-state index contributed by atoms with van der Waals surface area (Å²) in [6, 6.07) is 0.953. The third-order valence-corrected chi connectivity index (χ3v) is 2.35. The van der Waals surface area contributed by atoms with Crippen molar-refractivity contribution in [3.8, 4) is 12.3 Å². The molecule has 0 spiro atoms. The van der Waals surface area contributed by atoms with Crippen LogP contribution >= 0.6 is 0 Å². The maximum absolute atomic E-state index is 5.81. The standard InChI is InChI=1S/C9H16N2/c1-3-5-11-6-4-9(10)7-8(11)2/h1,8-9H,4-7,10H2,2H3. The quantitative estimate of drug-likeness (QED) is 0.552. The number of likely N-dealkylation sites (tertiary alicyclic amines) is 1. The van der Waals surface area contributed by atoms with Crippen LogP contribution in [0.2, 0.25) is 0 Å². The second-order valence-corrected chi connectivity index (χ2v) is 3.31. The zero-order valence-electron chi connectivity index (χ0n) is 7.09. The zero-order valence-corrected chi connectivity index (χ0v) is 7.09. The number of nitrogens with zero attached hydrogens (tertiary/aromatic N) is 1. The molecule has 2 N–H and O–H groups in total. The molecule has 1 saturated heterocycles. The highest BCUT2D eigenvalue weighted by molar-refractivity contribution is 4.92. The van der Waals surface area contributed by atoms with Crippen molar-refractivity contribution >= 4 is 0 Å². The number of terminal acetylenes is 1. The third-order valence-electron chi connectivity index (χ3n) is 2.35. The highest BCUT2D eigenvalue weighted by Gasteiger charge is 2.21. The number of rotatable bonds is 1. The van der Waals surface area contributed by atoms with E-state index in [1.54, 1.807) is 0 Å². The lowest BCUT2D eigenvalue weighted by Gasteiger charge is -2.34. The second-order valence-electron chi connectivity index (χ2n) is 3.31. The van der Waals surface area contributed by atoms with Crippen LogP contribution in [-0.4, -0.2) is 30.1 Å². The van der Waals surface area contributed by atoms with Gasteiger partial charge in [-0.15, -0.1) is 6.42 Å². The van der Waals surface area contributed by atoms with Crippen LogP contribution < -0.4 is 5.73 Å². The summed E-state index contributed by atoms with van der Waals surface area (Å²) >= 11 is 0. The summed E-state index contributed by atoms with van der Waals surface area (Å²) in [5, 5.41) is 0. The van der Waals surface area contributed by atoms with Crippen LogP contribution in [0.4, 0.5) is 0 Å². The Morgan fingerprint density at radius 3 is 3.00 bits per heavy atom. The molecule has 2 heteroatoms. The Kier molecular flexibility index (Phi) is 2.92. The monoisotopic (exact) mass is 152 g/mol. The van der Waals surface area contributed by atoms with Gasteiger partial charge in [0, 0.05) is 18.6 Å². The second kappa shape index (κ2) is 3.75. The first kappa shape index (κ1) is 8.58. The molecule has 1 aliphatic heterocycles. The number of piperidine rings is 1. The van der Waals surface area contributed by atoms with Gasteiger partial charge >= 0.3 is 0 Å². The molecule has 0 bridgehead atoms.